The summed E-state index contributed by atoms with van der Waals surface area (Å²) in [6.07, 6.45) is 14.5. The third-order valence-corrected chi connectivity index (χ3v) is 9.42. The maximum absolute atomic E-state index is 13.8. The highest BCUT2D eigenvalue weighted by Crippen LogP contribution is 2.58. The number of fused-ring (bicyclic) bond motifs is 5. The van der Waals surface area contributed by atoms with Gasteiger partial charge in [-0.15, -0.1) is 5.10 Å². The van der Waals surface area contributed by atoms with Crippen LogP contribution in [0.3, 0.4) is 0 Å². The summed E-state index contributed by atoms with van der Waals surface area (Å²) in [4.78, 5) is 21.8. The predicted molar refractivity (Wildman–Crippen MR) is 131 cm³/mol. The van der Waals surface area contributed by atoms with Crippen molar-refractivity contribution in [3.8, 4) is 0 Å². The summed E-state index contributed by atoms with van der Waals surface area (Å²) in [5.41, 5.74) is 4.59. The van der Waals surface area contributed by atoms with Crippen LogP contribution in [0.5, 0.6) is 0 Å². The molecule has 0 amide bonds. The summed E-state index contributed by atoms with van der Waals surface area (Å²) in [6.45, 7) is 6.21. The van der Waals surface area contributed by atoms with Crippen molar-refractivity contribution in [1.82, 2.24) is 25.4 Å². The molecule has 3 saturated carbocycles. The highest BCUT2D eigenvalue weighted by Gasteiger charge is 2.54. The second-order valence-corrected chi connectivity index (χ2v) is 12.1. The van der Waals surface area contributed by atoms with Gasteiger partial charge in [0.05, 0.1) is 24.3 Å². The van der Waals surface area contributed by atoms with Crippen molar-refractivity contribution in [1.29, 1.82) is 0 Å². The molecule has 188 valence electrons. The van der Waals surface area contributed by atoms with Crippen molar-refractivity contribution in [2.24, 2.45) is 40.9 Å². The van der Waals surface area contributed by atoms with E-state index in [0.29, 0.717) is 30.8 Å². The molecule has 1 aromatic rings. The molecule has 34 heavy (non-hydrogen) atoms. The Kier molecular flexibility index (Phi) is 6.86. The van der Waals surface area contributed by atoms with Crippen LogP contribution in [0.1, 0.15) is 64.5 Å². The number of rotatable bonds is 8. The molecule has 1 aromatic heterocycles. The lowest BCUT2D eigenvalue weighted by Gasteiger charge is -2.52. The minimum absolute atomic E-state index is 0.205. The van der Waals surface area contributed by atoms with E-state index in [1.807, 2.05) is 10.9 Å². The Morgan fingerprint density at radius 1 is 1.12 bits per heavy atom. The second kappa shape index (κ2) is 9.73. The number of aromatic nitrogens is 3. The molecule has 4 aliphatic carbocycles. The molecule has 6 atom stereocenters. The van der Waals surface area contributed by atoms with Gasteiger partial charge < -0.3 is 4.90 Å². The Balaban J connectivity index is 1.18. The van der Waals surface area contributed by atoms with E-state index in [-0.39, 0.29) is 5.92 Å². The van der Waals surface area contributed by atoms with Gasteiger partial charge in [0.1, 0.15) is 5.78 Å². The number of allylic oxidation sites excluding steroid dienone is 2. The van der Waals surface area contributed by atoms with Gasteiger partial charge in [-0.05, 0) is 89.6 Å². The summed E-state index contributed by atoms with van der Waals surface area (Å²) in [7, 11) is 4.12. The molecule has 0 spiro atoms. The van der Waals surface area contributed by atoms with Gasteiger partial charge in [-0.1, -0.05) is 24.1 Å². The monoisotopic (exact) mass is 469 g/mol. The zero-order valence-corrected chi connectivity index (χ0v) is 21.5. The number of hydrogen-bond donors (Lipinski definition) is 1. The van der Waals surface area contributed by atoms with E-state index >= 15 is 0 Å². The van der Waals surface area contributed by atoms with Crippen molar-refractivity contribution in [3.63, 3.8) is 0 Å². The fraction of sp³-hybridized carbons (Fsp3) is 0.815. The second-order valence-electron chi connectivity index (χ2n) is 12.1. The molecular formula is C27H43N5O2. The molecule has 5 rings (SSSR count). The Hall–Kier alpha value is -1.73. The van der Waals surface area contributed by atoms with Crippen LogP contribution >= 0.6 is 0 Å². The number of carbonyl (C=O) groups is 1. The largest absolute Gasteiger partial charge is 0.309 e. The summed E-state index contributed by atoms with van der Waals surface area (Å²) in [6, 6.07) is 0. The van der Waals surface area contributed by atoms with E-state index in [9.17, 15) is 4.79 Å². The molecule has 1 N–H and O–H groups in total. The van der Waals surface area contributed by atoms with Crippen LogP contribution in [0.15, 0.2) is 18.0 Å². The lowest BCUT2D eigenvalue weighted by Crippen LogP contribution is -2.52. The zero-order chi connectivity index (χ0) is 23.9. The number of hydroxylamine groups is 1. The zero-order valence-electron chi connectivity index (χ0n) is 21.5. The molecule has 7 nitrogen and oxygen atoms in total. The SMILES string of the molecule is CN(C)CCc1cn(CCONC2=CC3CCC4C5CCC[C@H]5CCC4[C@H]3C(=O)C2(C)C)nn1. The summed E-state index contributed by atoms with van der Waals surface area (Å²) >= 11 is 0. The molecule has 0 aliphatic heterocycles. The van der Waals surface area contributed by atoms with Gasteiger partial charge in [0.25, 0.3) is 0 Å². The van der Waals surface area contributed by atoms with Crippen LogP contribution in [-0.4, -0.2) is 52.9 Å². The Bertz CT molecular complexity index is 907. The van der Waals surface area contributed by atoms with E-state index in [1.54, 1.807) is 0 Å². The molecule has 4 aliphatic rings. The normalized spacial score (nSPS) is 34.4. The van der Waals surface area contributed by atoms with Crippen LogP contribution in [0.2, 0.25) is 0 Å². The standard InChI is InChI=1S/C27H43N5O2/c1-27(2)24(29-34-15-14-32-17-20(28-30-32)12-13-31(3)4)16-19-9-10-22-21-7-5-6-18(21)8-11-23(22)25(19)26(27)33/h16-19,21-23,25,29H,5-15H2,1-4H3/t18-,19?,21?,22?,23?,25-/m0/s1. The number of nitrogens with one attached hydrogen (secondary N) is 1. The third kappa shape index (κ3) is 4.58. The lowest BCUT2D eigenvalue weighted by molar-refractivity contribution is -0.140. The van der Waals surface area contributed by atoms with Crippen molar-refractivity contribution in [2.45, 2.75) is 71.8 Å². The number of carbonyl (C=O) groups excluding carboxylic acids is 1. The van der Waals surface area contributed by atoms with Gasteiger partial charge >= 0.3 is 0 Å². The molecule has 0 bridgehead atoms. The van der Waals surface area contributed by atoms with E-state index in [2.05, 4.69) is 54.7 Å². The van der Waals surface area contributed by atoms with Gasteiger partial charge in [0.15, 0.2) is 0 Å². The maximum atomic E-state index is 13.8. The number of hydrogen-bond acceptors (Lipinski definition) is 6. The molecule has 7 heteroatoms. The number of Topliss-reactive ketones (excluding diaryl/α,β-unsaturated/α-hetero) is 1. The van der Waals surface area contributed by atoms with Gasteiger partial charge in [-0.25, -0.2) is 4.68 Å². The smallest absolute Gasteiger partial charge is 0.148 e. The molecule has 3 fully saturated rings. The summed E-state index contributed by atoms with van der Waals surface area (Å²) < 4.78 is 1.83. The summed E-state index contributed by atoms with van der Waals surface area (Å²) in [5.74, 6) is 4.21. The molecule has 4 unspecified atom stereocenters. The number of ketones is 1. The van der Waals surface area contributed by atoms with Gasteiger partial charge in [-0.3, -0.25) is 15.1 Å². The van der Waals surface area contributed by atoms with Crippen LogP contribution in [0.4, 0.5) is 0 Å². The Morgan fingerprint density at radius 3 is 2.76 bits per heavy atom. The molecule has 0 saturated heterocycles. The molecule has 0 radical (unpaired) electrons. The van der Waals surface area contributed by atoms with Crippen molar-refractivity contribution < 1.29 is 9.63 Å². The Morgan fingerprint density at radius 2 is 1.94 bits per heavy atom. The van der Waals surface area contributed by atoms with Gasteiger partial charge in [0, 0.05) is 30.8 Å². The first-order chi connectivity index (χ1) is 16.3. The first-order valence-electron chi connectivity index (χ1n) is 13.5. The van der Waals surface area contributed by atoms with E-state index < -0.39 is 5.41 Å². The van der Waals surface area contributed by atoms with E-state index in [1.165, 1.54) is 38.5 Å². The fourth-order valence-corrected chi connectivity index (χ4v) is 7.56. The van der Waals surface area contributed by atoms with Crippen molar-refractivity contribution >= 4 is 5.78 Å². The van der Waals surface area contributed by atoms with Crippen LogP contribution in [0, 0.1) is 40.9 Å². The van der Waals surface area contributed by atoms with Crippen LogP contribution in [0.25, 0.3) is 0 Å². The van der Waals surface area contributed by atoms with Gasteiger partial charge in [0.2, 0.25) is 0 Å². The highest BCUT2D eigenvalue weighted by molar-refractivity contribution is 5.91. The lowest BCUT2D eigenvalue weighted by atomic mass is 9.52. The quantitative estimate of drug-likeness (QED) is 0.460. The molecule has 1 heterocycles. The molecule has 0 aromatic carbocycles. The van der Waals surface area contributed by atoms with Crippen molar-refractivity contribution in [2.75, 3.05) is 27.2 Å². The number of nitrogens with zero attached hydrogens (tertiary/aromatic N) is 4. The fourth-order valence-electron chi connectivity index (χ4n) is 7.56. The number of likely N-dealkylation sites (N-methyl/N-ethyl adjacent to an activating group) is 1. The minimum atomic E-state index is -0.526. The molecular weight excluding hydrogens is 426 g/mol. The minimum Gasteiger partial charge on any atom is -0.309 e. The summed E-state index contributed by atoms with van der Waals surface area (Å²) in [5, 5.41) is 8.45. The first-order valence-corrected chi connectivity index (χ1v) is 13.5. The van der Waals surface area contributed by atoms with E-state index in [0.717, 1.165) is 48.5 Å². The van der Waals surface area contributed by atoms with E-state index in [4.69, 9.17) is 4.84 Å². The average Bonchev–Trinajstić information content (AvgIpc) is 3.47. The third-order valence-electron chi connectivity index (χ3n) is 9.42. The highest BCUT2D eigenvalue weighted by atomic mass is 16.6. The topological polar surface area (TPSA) is 72.3 Å². The van der Waals surface area contributed by atoms with Crippen molar-refractivity contribution in [3.05, 3.63) is 23.7 Å². The maximum Gasteiger partial charge on any atom is 0.148 e. The average molecular weight is 470 g/mol. The Labute approximate surface area is 204 Å². The first kappa shape index (κ1) is 24.0. The van der Waals surface area contributed by atoms with Crippen LogP contribution in [-0.2, 0) is 22.6 Å². The predicted octanol–water partition coefficient (Wildman–Crippen LogP) is 3.86. The van der Waals surface area contributed by atoms with Crippen LogP contribution < -0.4 is 5.48 Å². The van der Waals surface area contributed by atoms with Gasteiger partial charge in [-0.2, -0.15) is 0 Å².